The number of rotatable bonds is 2. The van der Waals surface area contributed by atoms with Crippen molar-refractivity contribution < 1.29 is 23.5 Å². The predicted molar refractivity (Wildman–Crippen MR) is 97.6 cm³/mol. The van der Waals surface area contributed by atoms with Gasteiger partial charge in [-0.1, -0.05) is 18.2 Å². The summed E-state index contributed by atoms with van der Waals surface area (Å²) in [6.45, 7) is 0.878. The van der Waals surface area contributed by atoms with E-state index in [0.717, 1.165) is 0 Å². The van der Waals surface area contributed by atoms with Gasteiger partial charge in [-0.3, -0.25) is 10.1 Å². The highest BCUT2D eigenvalue weighted by Gasteiger charge is 2.51. The third kappa shape index (κ3) is 2.94. The molecule has 2 aromatic rings. The Morgan fingerprint density at radius 1 is 1.22 bits per heavy atom. The van der Waals surface area contributed by atoms with Gasteiger partial charge < -0.3 is 14.4 Å². The van der Waals surface area contributed by atoms with Crippen LogP contribution in [0.2, 0.25) is 0 Å². The Kier molecular flexibility index (Phi) is 4.31. The molecule has 7 heteroatoms. The number of halogens is 1. The minimum absolute atomic E-state index is 0.135. The molecule has 140 valence electrons. The maximum absolute atomic E-state index is 14.8. The van der Waals surface area contributed by atoms with Crippen LogP contribution in [-0.2, 0) is 14.9 Å². The molecule has 0 saturated carbocycles. The van der Waals surface area contributed by atoms with Crippen LogP contribution in [0.1, 0.15) is 18.4 Å². The molecule has 2 amide bonds. The van der Waals surface area contributed by atoms with Gasteiger partial charge in [-0.25, -0.2) is 9.18 Å². The van der Waals surface area contributed by atoms with Crippen molar-refractivity contribution in [2.24, 2.45) is 0 Å². The second-order valence-corrected chi connectivity index (χ2v) is 6.74. The van der Waals surface area contributed by atoms with Crippen LogP contribution in [0.25, 0.3) is 0 Å². The molecule has 4 rings (SSSR count). The van der Waals surface area contributed by atoms with Crippen molar-refractivity contribution in [1.29, 1.82) is 0 Å². The monoisotopic (exact) mass is 370 g/mol. The second kappa shape index (κ2) is 6.66. The summed E-state index contributed by atoms with van der Waals surface area (Å²) in [5, 5.41) is 2.55. The van der Waals surface area contributed by atoms with Crippen LogP contribution in [0.3, 0.4) is 0 Å². The van der Waals surface area contributed by atoms with Gasteiger partial charge in [-0.05, 0) is 42.7 Å². The number of hydrogen-bond donors (Lipinski definition) is 1. The van der Waals surface area contributed by atoms with Crippen molar-refractivity contribution in [3.05, 3.63) is 53.8 Å². The van der Waals surface area contributed by atoms with Gasteiger partial charge in [0, 0.05) is 25.9 Å². The highest BCUT2D eigenvalue weighted by Crippen LogP contribution is 2.49. The lowest BCUT2D eigenvalue weighted by molar-refractivity contribution is -0.126. The highest BCUT2D eigenvalue weighted by molar-refractivity contribution is 6.08. The van der Waals surface area contributed by atoms with E-state index in [4.69, 9.17) is 9.47 Å². The summed E-state index contributed by atoms with van der Waals surface area (Å²) in [7, 11) is 1.57. The summed E-state index contributed by atoms with van der Waals surface area (Å²) in [4.78, 5) is 26.4. The fraction of sp³-hybridized carbons (Fsp3) is 0.300. The van der Waals surface area contributed by atoms with Crippen molar-refractivity contribution in [3.8, 4) is 5.75 Å². The number of para-hydroxylation sites is 1. The van der Waals surface area contributed by atoms with Gasteiger partial charge in [-0.15, -0.1) is 0 Å². The molecule has 0 aromatic heterocycles. The summed E-state index contributed by atoms with van der Waals surface area (Å²) in [6, 6.07) is 11.5. The van der Waals surface area contributed by atoms with E-state index in [0.29, 0.717) is 37.4 Å². The van der Waals surface area contributed by atoms with E-state index < -0.39 is 17.3 Å². The fourth-order valence-corrected chi connectivity index (χ4v) is 3.86. The molecule has 0 radical (unpaired) electrons. The summed E-state index contributed by atoms with van der Waals surface area (Å²) < 4.78 is 25.4. The number of carbonyl (C=O) groups is 2. The van der Waals surface area contributed by atoms with E-state index in [1.165, 1.54) is 11.0 Å². The molecule has 6 nitrogen and oxygen atoms in total. The number of amides is 2. The standard InChI is InChI=1S/C20H19FN2O4/c1-23-17-15(20(18(23)24)7-9-26-10-8-20)11-13(12-16(17)21)22-19(25)27-14-5-3-2-4-6-14/h2-6,11-12H,7-10H2,1H3,(H,22,25). The lowest BCUT2D eigenvalue weighted by Crippen LogP contribution is -2.42. The molecule has 1 N–H and O–H groups in total. The number of benzene rings is 2. The average Bonchev–Trinajstić information content (AvgIpc) is 2.86. The van der Waals surface area contributed by atoms with Gasteiger partial charge in [0.05, 0.1) is 11.1 Å². The van der Waals surface area contributed by atoms with Crippen molar-refractivity contribution in [3.63, 3.8) is 0 Å². The van der Waals surface area contributed by atoms with Gasteiger partial charge >= 0.3 is 6.09 Å². The maximum Gasteiger partial charge on any atom is 0.417 e. The number of fused-ring (bicyclic) bond motifs is 2. The molecule has 2 aromatic carbocycles. The summed E-state index contributed by atoms with van der Waals surface area (Å²) in [5.74, 6) is -0.308. The predicted octanol–water partition coefficient (Wildman–Crippen LogP) is 3.46. The van der Waals surface area contributed by atoms with Crippen LogP contribution in [-0.4, -0.2) is 32.3 Å². The summed E-state index contributed by atoms with van der Waals surface area (Å²) in [6.07, 6.45) is 0.250. The molecule has 0 aliphatic carbocycles. The number of anilines is 2. The zero-order valence-corrected chi connectivity index (χ0v) is 14.8. The van der Waals surface area contributed by atoms with E-state index in [1.807, 2.05) is 6.07 Å². The molecular formula is C20H19FN2O4. The minimum Gasteiger partial charge on any atom is -0.410 e. The molecule has 2 aliphatic rings. The Morgan fingerprint density at radius 2 is 1.93 bits per heavy atom. The van der Waals surface area contributed by atoms with Crippen molar-refractivity contribution >= 4 is 23.4 Å². The SMILES string of the molecule is CN1C(=O)C2(CCOCC2)c2cc(NC(=O)Oc3ccccc3)cc(F)c21. The quantitative estimate of drug-likeness (QED) is 0.879. The number of hydrogen-bond acceptors (Lipinski definition) is 4. The Bertz CT molecular complexity index is 894. The van der Waals surface area contributed by atoms with Gasteiger partial charge in [0.2, 0.25) is 5.91 Å². The highest BCUT2D eigenvalue weighted by atomic mass is 19.1. The number of carbonyl (C=O) groups excluding carboxylic acids is 2. The third-order valence-electron chi connectivity index (χ3n) is 5.17. The molecule has 2 aliphatic heterocycles. The molecule has 27 heavy (non-hydrogen) atoms. The van der Waals surface area contributed by atoms with Crippen LogP contribution >= 0.6 is 0 Å². The zero-order valence-electron chi connectivity index (χ0n) is 14.8. The topological polar surface area (TPSA) is 67.9 Å². The first kappa shape index (κ1) is 17.5. The molecule has 1 saturated heterocycles. The van der Waals surface area contributed by atoms with Crippen molar-refractivity contribution in [2.45, 2.75) is 18.3 Å². The largest absolute Gasteiger partial charge is 0.417 e. The maximum atomic E-state index is 14.8. The molecule has 2 heterocycles. The Hall–Kier alpha value is -2.93. The van der Waals surface area contributed by atoms with E-state index >= 15 is 0 Å². The summed E-state index contributed by atoms with van der Waals surface area (Å²) in [5.41, 5.74) is 0.308. The first-order valence-corrected chi connectivity index (χ1v) is 8.75. The Labute approximate surface area is 155 Å². The Morgan fingerprint density at radius 3 is 2.63 bits per heavy atom. The van der Waals surface area contributed by atoms with Crippen LogP contribution in [0, 0.1) is 5.82 Å². The number of nitrogens with one attached hydrogen (secondary N) is 1. The van der Waals surface area contributed by atoms with Crippen molar-refractivity contribution in [1.82, 2.24) is 0 Å². The molecule has 1 fully saturated rings. The molecular weight excluding hydrogens is 351 g/mol. The Balaban J connectivity index is 1.64. The van der Waals surface area contributed by atoms with Crippen molar-refractivity contribution in [2.75, 3.05) is 30.5 Å². The second-order valence-electron chi connectivity index (χ2n) is 6.74. The van der Waals surface area contributed by atoms with Gasteiger partial charge in [0.25, 0.3) is 0 Å². The van der Waals surface area contributed by atoms with Gasteiger partial charge in [0.15, 0.2) is 0 Å². The molecule has 0 unspecified atom stereocenters. The van der Waals surface area contributed by atoms with Crippen LogP contribution in [0.5, 0.6) is 5.75 Å². The lowest BCUT2D eigenvalue weighted by atomic mass is 9.75. The van der Waals surface area contributed by atoms with Gasteiger partial charge in [-0.2, -0.15) is 0 Å². The third-order valence-corrected chi connectivity index (χ3v) is 5.17. The molecule has 1 spiro atoms. The van der Waals surface area contributed by atoms with Crippen LogP contribution < -0.4 is 15.0 Å². The smallest absolute Gasteiger partial charge is 0.410 e. The average molecular weight is 370 g/mol. The van der Waals surface area contributed by atoms with Crippen LogP contribution in [0.4, 0.5) is 20.6 Å². The molecule has 0 atom stereocenters. The normalized spacial score (nSPS) is 17.7. The lowest BCUT2D eigenvalue weighted by Gasteiger charge is -2.32. The number of ether oxygens (including phenoxy) is 2. The van der Waals surface area contributed by atoms with Gasteiger partial charge in [0.1, 0.15) is 11.6 Å². The zero-order chi connectivity index (χ0) is 19.0. The summed E-state index contributed by atoms with van der Waals surface area (Å²) >= 11 is 0. The number of nitrogens with zero attached hydrogens (tertiary/aromatic N) is 1. The van der Waals surface area contributed by atoms with Crippen LogP contribution in [0.15, 0.2) is 42.5 Å². The number of likely N-dealkylation sites (N-methyl/N-ethyl adjacent to an activating group) is 1. The fourth-order valence-electron chi connectivity index (χ4n) is 3.86. The van der Waals surface area contributed by atoms with E-state index in [9.17, 15) is 14.0 Å². The van der Waals surface area contributed by atoms with E-state index in [1.54, 1.807) is 37.4 Å². The first-order valence-electron chi connectivity index (χ1n) is 8.75. The van der Waals surface area contributed by atoms with E-state index in [2.05, 4.69) is 5.32 Å². The molecule has 0 bridgehead atoms. The minimum atomic E-state index is -0.801. The van der Waals surface area contributed by atoms with E-state index in [-0.39, 0.29) is 17.3 Å². The first-order chi connectivity index (χ1) is 13.0.